The molecule has 0 spiro atoms. The van der Waals surface area contributed by atoms with Gasteiger partial charge in [-0.25, -0.2) is 0 Å². The largest absolute Gasteiger partial charge is 0.323 e. The first-order valence-corrected chi connectivity index (χ1v) is 7.38. The Bertz CT molecular complexity index is 186. The van der Waals surface area contributed by atoms with E-state index in [1.807, 2.05) is 6.92 Å². The first kappa shape index (κ1) is 11.7. The van der Waals surface area contributed by atoms with Crippen molar-refractivity contribution in [3.63, 3.8) is 0 Å². The van der Waals surface area contributed by atoms with Crippen molar-refractivity contribution in [3.8, 4) is 6.07 Å². The predicted molar refractivity (Wildman–Crippen MR) is 55.4 cm³/mol. The Labute approximate surface area is 77.1 Å². The van der Waals surface area contributed by atoms with Gasteiger partial charge in [0.2, 0.25) is 0 Å². The van der Waals surface area contributed by atoms with Crippen molar-refractivity contribution in [2.24, 2.45) is 0 Å². The lowest BCUT2D eigenvalue weighted by atomic mass is 10.2. The zero-order chi connectivity index (χ0) is 9.99. The van der Waals surface area contributed by atoms with Gasteiger partial charge in [-0.1, -0.05) is 33.9 Å². The molecule has 0 aliphatic rings. The van der Waals surface area contributed by atoms with Crippen LogP contribution in [-0.2, 0) is 0 Å². The van der Waals surface area contributed by atoms with E-state index in [1.165, 1.54) is 0 Å². The summed E-state index contributed by atoms with van der Waals surface area (Å²) in [6.07, 6.45) is 0. The fourth-order valence-corrected chi connectivity index (χ4v) is 2.37. The summed E-state index contributed by atoms with van der Waals surface area (Å²) in [4.78, 5) is 3.42. The lowest BCUT2D eigenvalue weighted by Crippen LogP contribution is -2.55. The standard InChI is InChI=1S/C9H20N2Si/c1-8(7-10)11-12(5,6)9(2,3)4/h8,11H,1-6H3. The van der Waals surface area contributed by atoms with Gasteiger partial charge < -0.3 is 4.98 Å². The third-order valence-corrected chi connectivity index (χ3v) is 7.55. The van der Waals surface area contributed by atoms with Gasteiger partial charge in [-0.05, 0) is 12.0 Å². The zero-order valence-electron chi connectivity index (χ0n) is 9.02. The number of nitrogens with one attached hydrogen (secondary N) is 1. The molecule has 70 valence electrons. The van der Waals surface area contributed by atoms with Gasteiger partial charge in [0.05, 0.1) is 12.1 Å². The minimum atomic E-state index is -1.46. The van der Waals surface area contributed by atoms with Crippen molar-refractivity contribution in [2.75, 3.05) is 0 Å². The van der Waals surface area contributed by atoms with Crippen LogP contribution >= 0.6 is 0 Å². The second kappa shape index (κ2) is 3.59. The van der Waals surface area contributed by atoms with Crippen molar-refractivity contribution in [1.29, 1.82) is 5.26 Å². The van der Waals surface area contributed by atoms with Crippen LogP contribution in [0.2, 0.25) is 18.1 Å². The van der Waals surface area contributed by atoms with Crippen molar-refractivity contribution in [2.45, 2.75) is 51.9 Å². The first-order valence-electron chi connectivity index (χ1n) is 4.38. The second-order valence-electron chi connectivity index (χ2n) is 4.87. The van der Waals surface area contributed by atoms with Gasteiger partial charge in [0, 0.05) is 0 Å². The summed E-state index contributed by atoms with van der Waals surface area (Å²) < 4.78 is 0. The van der Waals surface area contributed by atoms with E-state index in [1.54, 1.807) is 0 Å². The molecule has 1 unspecified atom stereocenters. The highest BCUT2D eigenvalue weighted by molar-refractivity contribution is 6.77. The van der Waals surface area contributed by atoms with E-state index < -0.39 is 8.24 Å². The average molecular weight is 184 g/mol. The fraction of sp³-hybridized carbons (Fsp3) is 0.889. The Morgan fingerprint density at radius 2 is 1.75 bits per heavy atom. The molecule has 12 heavy (non-hydrogen) atoms. The van der Waals surface area contributed by atoms with Crippen molar-refractivity contribution >= 4 is 8.24 Å². The molecular weight excluding hydrogens is 164 g/mol. The van der Waals surface area contributed by atoms with Gasteiger partial charge in [0.1, 0.15) is 8.24 Å². The highest BCUT2D eigenvalue weighted by Crippen LogP contribution is 2.33. The molecule has 0 bridgehead atoms. The van der Waals surface area contributed by atoms with Gasteiger partial charge in [-0.15, -0.1) is 0 Å². The number of nitriles is 1. The average Bonchev–Trinajstić information content (AvgIpc) is 1.84. The number of hydrogen-bond acceptors (Lipinski definition) is 2. The molecule has 0 aromatic rings. The Kier molecular flexibility index (Phi) is 3.49. The molecule has 2 nitrogen and oxygen atoms in total. The van der Waals surface area contributed by atoms with Crippen molar-refractivity contribution in [1.82, 2.24) is 4.98 Å². The second-order valence-corrected chi connectivity index (χ2v) is 9.91. The Morgan fingerprint density at radius 3 is 2.00 bits per heavy atom. The van der Waals surface area contributed by atoms with Gasteiger partial charge in [-0.3, -0.25) is 0 Å². The molecule has 0 aliphatic heterocycles. The lowest BCUT2D eigenvalue weighted by molar-refractivity contribution is 0.669. The normalized spacial score (nSPS) is 15.4. The summed E-state index contributed by atoms with van der Waals surface area (Å²) in [6, 6.07) is 2.19. The molecule has 0 aromatic heterocycles. The summed E-state index contributed by atoms with van der Waals surface area (Å²) in [6.45, 7) is 13.1. The maximum Gasteiger partial charge on any atom is 0.125 e. The lowest BCUT2D eigenvalue weighted by Gasteiger charge is -2.38. The molecule has 0 saturated heterocycles. The third-order valence-electron chi connectivity index (χ3n) is 2.65. The minimum absolute atomic E-state index is 0.0223. The van der Waals surface area contributed by atoms with Gasteiger partial charge in [0.15, 0.2) is 0 Å². The summed E-state index contributed by atoms with van der Waals surface area (Å²) in [7, 11) is -1.46. The quantitative estimate of drug-likeness (QED) is 0.669. The molecule has 0 heterocycles. The van der Waals surface area contributed by atoms with Crippen LogP contribution in [0, 0.1) is 11.3 Å². The molecule has 0 radical (unpaired) electrons. The highest BCUT2D eigenvalue weighted by atomic mass is 28.3. The van der Waals surface area contributed by atoms with E-state index in [0.29, 0.717) is 5.04 Å². The zero-order valence-corrected chi connectivity index (χ0v) is 10.0. The fourth-order valence-electron chi connectivity index (χ4n) is 0.790. The van der Waals surface area contributed by atoms with Gasteiger partial charge >= 0.3 is 0 Å². The van der Waals surface area contributed by atoms with E-state index in [-0.39, 0.29) is 6.04 Å². The Hall–Kier alpha value is -0.333. The molecule has 0 rings (SSSR count). The van der Waals surface area contributed by atoms with Gasteiger partial charge in [-0.2, -0.15) is 5.26 Å². The molecule has 0 aromatic carbocycles. The van der Waals surface area contributed by atoms with Crippen molar-refractivity contribution in [3.05, 3.63) is 0 Å². The van der Waals surface area contributed by atoms with Crippen LogP contribution in [0.4, 0.5) is 0 Å². The molecule has 0 amide bonds. The predicted octanol–water partition coefficient (Wildman–Crippen LogP) is 2.49. The van der Waals surface area contributed by atoms with Crippen LogP contribution < -0.4 is 4.98 Å². The molecule has 1 N–H and O–H groups in total. The van der Waals surface area contributed by atoms with Crippen LogP contribution in [0.1, 0.15) is 27.7 Å². The van der Waals surface area contributed by atoms with Crippen LogP contribution in [0.5, 0.6) is 0 Å². The Balaban J connectivity index is 4.35. The van der Waals surface area contributed by atoms with Crippen LogP contribution in [0.3, 0.4) is 0 Å². The highest BCUT2D eigenvalue weighted by Gasteiger charge is 2.36. The van der Waals surface area contributed by atoms with Gasteiger partial charge in [0.25, 0.3) is 0 Å². The summed E-state index contributed by atoms with van der Waals surface area (Å²) in [5, 5.41) is 8.98. The molecule has 1 atom stereocenters. The molecule has 0 aliphatic carbocycles. The maximum absolute atomic E-state index is 8.67. The topological polar surface area (TPSA) is 35.8 Å². The SMILES string of the molecule is CC(C#N)N[Si](C)(C)C(C)(C)C. The number of hydrogen-bond donors (Lipinski definition) is 1. The smallest absolute Gasteiger partial charge is 0.125 e. The molecule has 0 fully saturated rings. The van der Waals surface area contributed by atoms with E-state index in [0.717, 1.165) is 0 Å². The number of nitrogens with zero attached hydrogens (tertiary/aromatic N) is 1. The maximum atomic E-state index is 8.67. The summed E-state index contributed by atoms with van der Waals surface area (Å²) in [5.41, 5.74) is 0. The number of rotatable bonds is 2. The van der Waals surface area contributed by atoms with E-state index in [4.69, 9.17) is 5.26 Å². The summed E-state index contributed by atoms with van der Waals surface area (Å²) in [5.74, 6) is 0. The van der Waals surface area contributed by atoms with E-state index >= 15 is 0 Å². The molecule has 3 heteroatoms. The van der Waals surface area contributed by atoms with E-state index in [2.05, 4.69) is 44.9 Å². The van der Waals surface area contributed by atoms with Crippen LogP contribution in [0.25, 0.3) is 0 Å². The molecule has 0 saturated carbocycles. The monoisotopic (exact) mass is 184 g/mol. The van der Waals surface area contributed by atoms with Crippen LogP contribution in [0.15, 0.2) is 0 Å². The third kappa shape index (κ3) is 2.96. The minimum Gasteiger partial charge on any atom is -0.323 e. The first-order chi connectivity index (χ1) is 5.20. The summed E-state index contributed by atoms with van der Waals surface area (Å²) >= 11 is 0. The van der Waals surface area contributed by atoms with Crippen molar-refractivity contribution < 1.29 is 0 Å². The van der Waals surface area contributed by atoms with Crippen LogP contribution in [-0.4, -0.2) is 14.3 Å². The Morgan fingerprint density at radius 1 is 1.33 bits per heavy atom. The molecular formula is C9H20N2Si. The van der Waals surface area contributed by atoms with E-state index in [9.17, 15) is 0 Å².